The normalized spacial score (nSPS) is 19.1. The van der Waals surface area contributed by atoms with Gasteiger partial charge < -0.3 is 19.4 Å². The number of hydrogen-bond donors (Lipinski definition) is 1. The molecule has 3 rings (SSSR count). The monoisotopic (exact) mass is 288 g/mol. The maximum absolute atomic E-state index is 12.8. The minimum absolute atomic E-state index is 0.0606. The van der Waals surface area contributed by atoms with Crippen molar-refractivity contribution < 1.29 is 14.3 Å². The molecule has 0 aliphatic carbocycles. The molecule has 1 atom stereocenters. The van der Waals surface area contributed by atoms with Gasteiger partial charge >= 0.3 is 0 Å². The summed E-state index contributed by atoms with van der Waals surface area (Å²) in [4.78, 5) is 17.8. The Labute approximate surface area is 123 Å². The van der Waals surface area contributed by atoms with Crippen molar-refractivity contribution in [1.29, 1.82) is 0 Å². The van der Waals surface area contributed by atoms with Crippen molar-refractivity contribution in [3.63, 3.8) is 0 Å². The molecule has 1 aromatic carbocycles. The van der Waals surface area contributed by atoms with E-state index in [1.165, 1.54) is 0 Å². The Morgan fingerprint density at radius 1 is 1.48 bits per heavy atom. The number of nitrogens with one attached hydrogen (secondary N) is 1. The van der Waals surface area contributed by atoms with Gasteiger partial charge in [-0.25, -0.2) is 0 Å². The number of nitrogens with zero attached hydrogens (tertiary/aromatic N) is 1. The molecule has 112 valence electrons. The molecule has 1 aliphatic rings. The fraction of sp³-hybridized carbons (Fsp3) is 0.438. The van der Waals surface area contributed by atoms with E-state index >= 15 is 0 Å². The number of aromatic nitrogens is 1. The number of para-hydroxylation sites is 1. The summed E-state index contributed by atoms with van der Waals surface area (Å²) >= 11 is 0. The lowest BCUT2D eigenvalue weighted by Crippen LogP contribution is -2.46. The molecule has 1 fully saturated rings. The van der Waals surface area contributed by atoms with E-state index in [-0.39, 0.29) is 12.0 Å². The highest BCUT2D eigenvalue weighted by Crippen LogP contribution is 2.20. The lowest BCUT2D eigenvalue weighted by molar-refractivity contribution is -0.0332. The third kappa shape index (κ3) is 2.94. The van der Waals surface area contributed by atoms with Crippen molar-refractivity contribution in [1.82, 2.24) is 9.88 Å². The Hall–Kier alpha value is -1.85. The second-order valence-corrected chi connectivity index (χ2v) is 5.27. The topological polar surface area (TPSA) is 54.6 Å². The average molecular weight is 288 g/mol. The van der Waals surface area contributed by atoms with E-state index in [1.54, 1.807) is 7.11 Å². The minimum Gasteiger partial charge on any atom is -0.385 e. The first kappa shape index (κ1) is 14.1. The maximum Gasteiger partial charge on any atom is 0.256 e. The van der Waals surface area contributed by atoms with Crippen LogP contribution in [-0.2, 0) is 9.47 Å². The molecular formula is C16H20N2O3. The van der Waals surface area contributed by atoms with Gasteiger partial charge in [0.1, 0.15) is 0 Å². The fourth-order valence-electron chi connectivity index (χ4n) is 2.76. The SMILES string of the molecule is COCC[C@H]1CN(C(=O)c2cccc3cc[nH]c23)CCO1. The smallest absolute Gasteiger partial charge is 0.256 e. The Bertz CT molecular complexity index is 623. The molecular weight excluding hydrogens is 268 g/mol. The summed E-state index contributed by atoms with van der Waals surface area (Å²) in [6, 6.07) is 7.78. The summed E-state index contributed by atoms with van der Waals surface area (Å²) in [5.41, 5.74) is 1.63. The van der Waals surface area contributed by atoms with E-state index in [4.69, 9.17) is 9.47 Å². The number of hydrogen-bond acceptors (Lipinski definition) is 3. The van der Waals surface area contributed by atoms with Crippen molar-refractivity contribution in [3.8, 4) is 0 Å². The van der Waals surface area contributed by atoms with Crippen LogP contribution in [0.3, 0.4) is 0 Å². The predicted molar refractivity (Wildman–Crippen MR) is 80.4 cm³/mol. The van der Waals surface area contributed by atoms with Crippen LogP contribution in [0.15, 0.2) is 30.5 Å². The Kier molecular flexibility index (Phi) is 4.22. The number of carbonyl (C=O) groups is 1. The zero-order valence-corrected chi connectivity index (χ0v) is 12.2. The van der Waals surface area contributed by atoms with Gasteiger partial charge in [0.2, 0.25) is 0 Å². The quantitative estimate of drug-likeness (QED) is 0.936. The number of methoxy groups -OCH3 is 1. The summed E-state index contributed by atoms with van der Waals surface area (Å²) in [5.74, 6) is 0.0637. The van der Waals surface area contributed by atoms with Crippen LogP contribution in [0.25, 0.3) is 10.9 Å². The van der Waals surface area contributed by atoms with Crippen LogP contribution in [0, 0.1) is 0 Å². The molecule has 5 heteroatoms. The van der Waals surface area contributed by atoms with E-state index in [9.17, 15) is 4.79 Å². The van der Waals surface area contributed by atoms with Gasteiger partial charge in [-0.2, -0.15) is 0 Å². The van der Waals surface area contributed by atoms with E-state index in [1.807, 2.05) is 35.4 Å². The van der Waals surface area contributed by atoms with Gasteiger partial charge in [-0.05, 0) is 18.6 Å². The molecule has 0 unspecified atom stereocenters. The van der Waals surface area contributed by atoms with Crippen LogP contribution in [0.1, 0.15) is 16.8 Å². The van der Waals surface area contributed by atoms with Gasteiger partial charge in [-0.3, -0.25) is 4.79 Å². The molecule has 1 saturated heterocycles. The molecule has 1 N–H and O–H groups in total. The predicted octanol–water partition coefficient (Wildman–Crippen LogP) is 2.05. The maximum atomic E-state index is 12.8. The molecule has 2 aromatic rings. The molecule has 0 saturated carbocycles. The van der Waals surface area contributed by atoms with Crippen molar-refractivity contribution in [2.75, 3.05) is 33.4 Å². The highest BCUT2D eigenvalue weighted by molar-refractivity contribution is 6.05. The molecule has 5 nitrogen and oxygen atoms in total. The molecule has 1 amide bonds. The molecule has 21 heavy (non-hydrogen) atoms. The first-order valence-corrected chi connectivity index (χ1v) is 7.25. The highest BCUT2D eigenvalue weighted by Gasteiger charge is 2.25. The summed E-state index contributed by atoms with van der Waals surface area (Å²) in [7, 11) is 1.68. The zero-order chi connectivity index (χ0) is 14.7. The van der Waals surface area contributed by atoms with Gasteiger partial charge in [0, 0.05) is 38.4 Å². The van der Waals surface area contributed by atoms with Gasteiger partial charge in [0.05, 0.1) is 23.8 Å². The van der Waals surface area contributed by atoms with E-state index < -0.39 is 0 Å². The van der Waals surface area contributed by atoms with Crippen LogP contribution >= 0.6 is 0 Å². The number of H-pyrrole nitrogens is 1. The lowest BCUT2D eigenvalue weighted by atomic mass is 10.1. The Morgan fingerprint density at radius 3 is 3.24 bits per heavy atom. The van der Waals surface area contributed by atoms with Crippen molar-refractivity contribution in [3.05, 3.63) is 36.0 Å². The molecule has 1 aromatic heterocycles. The lowest BCUT2D eigenvalue weighted by Gasteiger charge is -2.33. The number of carbonyl (C=O) groups excluding carboxylic acids is 1. The molecule has 0 radical (unpaired) electrons. The number of amides is 1. The van der Waals surface area contributed by atoms with Gasteiger partial charge in [0.15, 0.2) is 0 Å². The largest absolute Gasteiger partial charge is 0.385 e. The van der Waals surface area contributed by atoms with Crippen LogP contribution < -0.4 is 0 Å². The van der Waals surface area contributed by atoms with E-state index in [0.29, 0.717) is 26.3 Å². The first-order chi connectivity index (χ1) is 10.3. The molecule has 2 heterocycles. The minimum atomic E-state index is 0.0606. The van der Waals surface area contributed by atoms with Crippen LogP contribution in [0.4, 0.5) is 0 Å². The standard InChI is InChI=1S/C16H20N2O3/c1-20-9-6-13-11-18(8-10-21-13)16(19)14-4-2-3-12-5-7-17-15(12)14/h2-5,7,13,17H,6,8-11H2,1H3/t13-/m0/s1. The van der Waals surface area contributed by atoms with Crippen LogP contribution in [-0.4, -0.2) is 55.3 Å². The highest BCUT2D eigenvalue weighted by atomic mass is 16.5. The third-order valence-electron chi connectivity index (χ3n) is 3.89. The summed E-state index contributed by atoms with van der Waals surface area (Å²) < 4.78 is 10.8. The van der Waals surface area contributed by atoms with E-state index in [0.717, 1.165) is 22.9 Å². The first-order valence-electron chi connectivity index (χ1n) is 7.25. The number of morpholine rings is 1. The van der Waals surface area contributed by atoms with Gasteiger partial charge in [-0.1, -0.05) is 12.1 Å². The summed E-state index contributed by atoms with van der Waals surface area (Å²) in [6.45, 7) is 2.50. The summed E-state index contributed by atoms with van der Waals surface area (Å²) in [5, 5.41) is 1.06. The van der Waals surface area contributed by atoms with Crippen molar-refractivity contribution in [2.24, 2.45) is 0 Å². The number of rotatable bonds is 4. The van der Waals surface area contributed by atoms with Crippen molar-refractivity contribution >= 4 is 16.8 Å². The number of aromatic amines is 1. The Balaban J connectivity index is 1.76. The number of ether oxygens (including phenoxy) is 2. The van der Waals surface area contributed by atoms with Gasteiger partial charge in [0.25, 0.3) is 5.91 Å². The number of benzene rings is 1. The second kappa shape index (κ2) is 6.28. The van der Waals surface area contributed by atoms with Crippen molar-refractivity contribution in [2.45, 2.75) is 12.5 Å². The zero-order valence-electron chi connectivity index (χ0n) is 12.2. The second-order valence-electron chi connectivity index (χ2n) is 5.27. The number of fused-ring (bicyclic) bond motifs is 1. The van der Waals surface area contributed by atoms with Crippen LogP contribution in [0.2, 0.25) is 0 Å². The molecule has 1 aliphatic heterocycles. The summed E-state index contributed by atoms with van der Waals surface area (Å²) in [6.07, 6.45) is 2.74. The average Bonchev–Trinajstić information content (AvgIpc) is 3.01. The fourth-order valence-corrected chi connectivity index (χ4v) is 2.76. The van der Waals surface area contributed by atoms with Gasteiger partial charge in [-0.15, -0.1) is 0 Å². The van der Waals surface area contributed by atoms with Crippen LogP contribution in [0.5, 0.6) is 0 Å². The third-order valence-corrected chi connectivity index (χ3v) is 3.89. The molecule has 0 bridgehead atoms. The Morgan fingerprint density at radius 2 is 2.38 bits per heavy atom. The van der Waals surface area contributed by atoms with E-state index in [2.05, 4.69) is 4.98 Å². The molecule has 0 spiro atoms.